The van der Waals surface area contributed by atoms with Crippen LogP contribution in [0.15, 0.2) is 54.7 Å². The van der Waals surface area contributed by atoms with E-state index in [1.165, 1.54) is 29.7 Å². The minimum atomic E-state index is -0.565. The lowest BCUT2D eigenvalue weighted by molar-refractivity contribution is 0.0604. The number of nitrogens with zero attached hydrogens (tertiary/aromatic N) is 2. The first kappa shape index (κ1) is 26.5. The quantitative estimate of drug-likeness (QED) is 0.248. The predicted octanol–water partition coefficient (Wildman–Crippen LogP) is 7.08. The molecule has 0 atom stereocenters. The normalized spacial score (nSPS) is 17.5. The maximum Gasteiger partial charge on any atom is 0.266 e. The minimum absolute atomic E-state index is 0.0232. The number of fused-ring (bicyclic) bond motifs is 1. The standard InChI is InChI=1S/C29H28ClF2N3O2S/c1-33-20-7-9-21(10-8-20)35(29(36)28-27(30)26-22(31)4-3-5-24(26)38-28)16-19-14-17(6-11-23(19)37-2)18-12-13-34-25(32)15-18/h3-6,11-15,20-21,33H,7-10,16H2,1-2H3/t20-,21-. The minimum Gasteiger partial charge on any atom is -0.496 e. The molecular weight excluding hydrogens is 528 g/mol. The topological polar surface area (TPSA) is 54.5 Å². The van der Waals surface area contributed by atoms with Gasteiger partial charge >= 0.3 is 0 Å². The summed E-state index contributed by atoms with van der Waals surface area (Å²) in [4.78, 5) is 19.9. The summed E-state index contributed by atoms with van der Waals surface area (Å²) in [5.74, 6) is -0.614. The Balaban J connectivity index is 1.55. The van der Waals surface area contributed by atoms with E-state index in [1.807, 2.05) is 30.1 Å². The highest BCUT2D eigenvalue weighted by Crippen LogP contribution is 2.39. The molecule has 1 aliphatic carbocycles. The maximum atomic E-state index is 14.6. The smallest absolute Gasteiger partial charge is 0.266 e. The highest BCUT2D eigenvalue weighted by Gasteiger charge is 2.32. The van der Waals surface area contributed by atoms with Crippen LogP contribution in [0, 0.1) is 11.8 Å². The van der Waals surface area contributed by atoms with Crippen LogP contribution in [0.1, 0.15) is 40.9 Å². The fourth-order valence-electron chi connectivity index (χ4n) is 5.23. The summed E-state index contributed by atoms with van der Waals surface area (Å²) in [7, 11) is 3.54. The number of methoxy groups -OCH3 is 1. The van der Waals surface area contributed by atoms with Crippen LogP contribution in [0.25, 0.3) is 21.2 Å². The lowest BCUT2D eigenvalue weighted by Gasteiger charge is -2.37. The molecule has 1 amide bonds. The Bertz CT molecular complexity index is 1470. The van der Waals surface area contributed by atoms with Crippen molar-refractivity contribution < 1.29 is 18.3 Å². The molecule has 0 radical (unpaired) electrons. The van der Waals surface area contributed by atoms with E-state index < -0.39 is 11.8 Å². The Morgan fingerprint density at radius 3 is 2.58 bits per heavy atom. The Morgan fingerprint density at radius 2 is 1.89 bits per heavy atom. The number of carbonyl (C=O) groups is 1. The van der Waals surface area contributed by atoms with Crippen LogP contribution in [0.4, 0.5) is 8.78 Å². The number of rotatable bonds is 7. The van der Waals surface area contributed by atoms with E-state index in [0.717, 1.165) is 36.8 Å². The van der Waals surface area contributed by atoms with Gasteiger partial charge in [0.25, 0.3) is 5.91 Å². The molecule has 1 fully saturated rings. The fraction of sp³-hybridized carbons (Fsp3) is 0.310. The van der Waals surface area contributed by atoms with Gasteiger partial charge in [-0.3, -0.25) is 4.79 Å². The Morgan fingerprint density at radius 1 is 1.13 bits per heavy atom. The molecule has 0 bridgehead atoms. The van der Waals surface area contributed by atoms with Gasteiger partial charge in [-0.15, -0.1) is 11.3 Å². The van der Waals surface area contributed by atoms with Crippen molar-refractivity contribution in [2.24, 2.45) is 0 Å². The molecule has 0 spiro atoms. The van der Waals surface area contributed by atoms with E-state index in [9.17, 15) is 13.6 Å². The van der Waals surface area contributed by atoms with Gasteiger partial charge in [-0.1, -0.05) is 23.7 Å². The third-order valence-electron chi connectivity index (χ3n) is 7.29. The first-order valence-corrected chi connectivity index (χ1v) is 13.7. The number of thiophene rings is 1. The second kappa shape index (κ2) is 11.4. The van der Waals surface area contributed by atoms with Crippen molar-refractivity contribution in [3.8, 4) is 16.9 Å². The van der Waals surface area contributed by atoms with Crippen LogP contribution in [0.5, 0.6) is 5.75 Å². The molecule has 5 rings (SSSR count). The number of hydrogen-bond acceptors (Lipinski definition) is 5. The van der Waals surface area contributed by atoms with Gasteiger partial charge in [-0.05, 0) is 74.2 Å². The zero-order chi connectivity index (χ0) is 26.8. The van der Waals surface area contributed by atoms with Crippen molar-refractivity contribution in [2.75, 3.05) is 14.2 Å². The van der Waals surface area contributed by atoms with Gasteiger partial charge in [0.05, 0.1) is 12.1 Å². The van der Waals surface area contributed by atoms with Crippen molar-refractivity contribution in [3.63, 3.8) is 0 Å². The lowest BCUT2D eigenvalue weighted by Crippen LogP contribution is -2.44. The summed E-state index contributed by atoms with van der Waals surface area (Å²) in [6, 6.07) is 13.8. The third-order valence-corrected chi connectivity index (χ3v) is 8.92. The highest BCUT2D eigenvalue weighted by molar-refractivity contribution is 7.21. The van der Waals surface area contributed by atoms with Crippen molar-refractivity contribution in [1.29, 1.82) is 0 Å². The van der Waals surface area contributed by atoms with Gasteiger partial charge in [0.2, 0.25) is 5.95 Å². The van der Waals surface area contributed by atoms with E-state index >= 15 is 0 Å². The van der Waals surface area contributed by atoms with Crippen molar-refractivity contribution in [2.45, 2.75) is 44.3 Å². The Kier molecular flexibility index (Phi) is 7.93. The van der Waals surface area contributed by atoms with Gasteiger partial charge in [0.1, 0.15) is 16.4 Å². The SMILES string of the molecule is CN[C@H]1CC[C@H](N(Cc2cc(-c3ccnc(F)c3)ccc2OC)C(=O)c2sc3cccc(F)c3c2Cl)CC1. The van der Waals surface area contributed by atoms with Crippen LogP contribution < -0.4 is 10.1 Å². The number of amides is 1. The van der Waals surface area contributed by atoms with E-state index in [0.29, 0.717) is 26.9 Å². The van der Waals surface area contributed by atoms with Crippen LogP contribution in [0.2, 0.25) is 5.02 Å². The second-order valence-electron chi connectivity index (χ2n) is 9.48. The fourth-order valence-corrected chi connectivity index (χ4v) is 6.74. The molecule has 38 heavy (non-hydrogen) atoms. The summed E-state index contributed by atoms with van der Waals surface area (Å²) >= 11 is 7.82. The summed E-state index contributed by atoms with van der Waals surface area (Å²) in [5.41, 5.74) is 2.25. The molecule has 2 aromatic heterocycles. The molecule has 1 saturated carbocycles. The summed E-state index contributed by atoms with van der Waals surface area (Å²) in [6.45, 7) is 0.269. The molecular formula is C29H28ClF2N3O2S. The van der Waals surface area contributed by atoms with E-state index in [-0.39, 0.29) is 28.9 Å². The zero-order valence-corrected chi connectivity index (χ0v) is 22.7. The predicted molar refractivity (Wildman–Crippen MR) is 148 cm³/mol. The van der Waals surface area contributed by atoms with Gasteiger partial charge < -0.3 is 15.0 Å². The number of ether oxygens (including phenoxy) is 1. The number of benzene rings is 2. The van der Waals surface area contributed by atoms with Gasteiger partial charge in [0.15, 0.2) is 0 Å². The number of aromatic nitrogens is 1. The number of pyridine rings is 1. The molecule has 1 aliphatic rings. The maximum absolute atomic E-state index is 14.6. The van der Waals surface area contributed by atoms with Crippen molar-refractivity contribution >= 4 is 38.9 Å². The van der Waals surface area contributed by atoms with Gasteiger partial charge in [-0.25, -0.2) is 9.37 Å². The largest absolute Gasteiger partial charge is 0.496 e. The molecule has 5 nitrogen and oxygen atoms in total. The number of hydrogen-bond donors (Lipinski definition) is 1. The zero-order valence-electron chi connectivity index (χ0n) is 21.1. The molecule has 0 aliphatic heterocycles. The Hall–Kier alpha value is -3.07. The molecule has 2 aromatic carbocycles. The third kappa shape index (κ3) is 5.25. The molecule has 4 aromatic rings. The Labute approximate surface area is 229 Å². The van der Waals surface area contributed by atoms with Crippen LogP contribution >= 0.6 is 22.9 Å². The number of nitrogens with one attached hydrogen (secondary N) is 1. The van der Waals surface area contributed by atoms with Gasteiger partial charge in [0, 0.05) is 46.5 Å². The van der Waals surface area contributed by atoms with E-state index in [4.69, 9.17) is 16.3 Å². The summed E-state index contributed by atoms with van der Waals surface area (Å²) in [6.07, 6.45) is 4.95. The lowest BCUT2D eigenvalue weighted by atomic mass is 9.89. The molecule has 198 valence electrons. The molecule has 2 heterocycles. The van der Waals surface area contributed by atoms with Crippen molar-refractivity contribution in [3.05, 3.63) is 82.0 Å². The molecule has 9 heteroatoms. The molecule has 0 saturated heterocycles. The van der Waals surface area contributed by atoms with Crippen LogP contribution in [-0.2, 0) is 6.54 Å². The van der Waals surface area contributed by atoms with E-state index in [2.05, 4.69) is 10.3 Å². The highest BCUT2D eigenvalue weighted by atomic mass is 35.5. The second-order valence-corrected chi connectivity index (χ2v) is 10.9. The molecule has 0 unspecified atom stereocenters. The average Bonchev–Trinajstić information content (AvgIpc) is 3.28. The number of halogens is 3. The van der Waals surface area contributed by atoms with Crippen LogP contribution in [0.3, 0.4) is 0 Å². The van der Waals surface area contributed by atoms with Crippen molar-refractivity contribution in [1.82, 2.24) is 15.2 Å². The monoisotopic (exact) mass is 555 g/mol. The summed E-state index contributed by atoms with van der Waals surface area (Å²) < 4.78 is 34.7. The average molecular weight is 556 g/mol. The van der Waals surface area contributed by atoms with Gasteiger partial charge in [-0.2, -0.15) is 4.39 Å². The summed E-state index contributed by atoms with van der Waals surface area (Å²) in [5, 5.41) is 3.76. The first-order chi connectivity index (χ1) is 18.4. The number of carbonyl (C=O) groups excluding carboxylic acids is 1. The first-order valence-electron chi connectivity index (χ1n) is 12.5. The molecule has 1 N–H and O–H groups in total. The van der Waals surface area contributed by atoms with Crippen LogP contribution in [-0.4, -0.2) is 42.0 Å². The van der Waals surface area contributed by atoms with E-state index in [1.54, 1.807) is 25.3 Å².